The fourth-order valence-corrected chi connectivity index (χ4v) is 4.12. The first-order chi connectivity index (χ1) is 14.1. The number of amides is 1. The van der Waals surface area contributed by atoms with E-state index in [0.717, 1.165) is 24.0 Å². The molecule has 1 amide bonds. The molecular weight excluding hydrogens is 388 g/mol. The van der Waals surface area contributed by atoms with Crippen molar-refractivity contribution in [1.82, 2.24) is 10.3 Å². The number of hydrazone groups is 1. The van der Waals surface area contributed by atoms with Crippen LogP contribution in [0.5, 0.6) is 5.75 Å². The number of allylic oxidation sites excluding steroid dienone is 1. The third-order valence-corrected chi connectivity index (χ3v) is 5.83. The van der Waals surface area contributed by atoms with Crippen LogP contribution in [0.1, 0.15) is 63.5 Å². The number of hydrogen-bond donors (Lipinski definition) is 2. The van der Waals surface area contributed by atoms with Gasteiger partial charge in [-0.3, -0.25) is 9.80 Å². The molecule has 1 fully saturated rings. The van der Waals surface area contributed by atoms with Crippen LogP contribution in [-0.4, -0.2) is 29.9 Å². The molecule has 1 aliphatic carbocycles. The maximum atomic E-state index is 13.0. The molecule has 0 unspecified atom stereocenters. The van der Waals surface area contributed by atoms with Gasteiger partial charge in [0.15, 0.2) is 5.84 Å². The Morgan fingerprint density at radius 2 is 2.07 bits per heavy atom. The predicted molar refractivity (Wildman–Crippen MR) is 117 cm³/mol. The van der Waals surface area contributed by atoms with Crippen LogP contribution >= 0.6 is 11.6 Å². The van der Waals surface area contributed by atoms with Crippen molar-refractivity contribution < 1.29 is 9.53 Å². The highest BCUT2D eigenvalue weighted by molar-refractivity contribution is 6.17. The second-order valence-corrected chi connectivity index (χ2v) is 7.88. The highest BCUT2D eigenvalue weighted by Gasteiger charge is 2.31. The van der Waals surface area contributed by atoms with Crippen molar-refractivity contribution >= 4 is 23.3 Å². The van der Waals surface area contributed by atoms with E-state index in [-0.39, 0.29) is 5.91 Å². The molecule has 0 atom stereocenters. The summed E-state index contributed by atoms with van der Waals surface area (Å²) in [4.78, 5) is 13.0. The Balaban J connectivity index is 2.01. The van der Waals surface area contributed by atoms with E-state index in [1.165, 1.54) is 19.3 Å². The molecule has 6 nitrogen and oxygen atoms in total. The van der Waals surface area contributed by atoms with Crippen molar-refractivity contribution in [2.75, 3.05) is 13.2 Å². The first-order valence-electron chi connectivity index (χ1n) is 10.6. The van der Waals surface area contributed by atoms with Crippen LogP contribution < -0.4 is 15.8 Å². The van der Waals surface area contributed by atoms with E-state index in [4.69, 9.17) is 27.2 Å². The Kier molecular flexibility index (Phi) is 7.42. The summed E-state index contributed by atoms with van der Waals surface area (Å²) in [6, 6.07) is 5.73. The van der Waals surface area contributed by atoms with Crippen molar-refractivity contribution in [2.24, 2.45) is 16.8 Å². The average Bonchev–Trinajstić information content (AvgIpc) is 2.74. The normalized spacial score (nSPS) is 19.6. The van der Waals surface area contributed by atoms with E-state index in [1.54, 1.807) is 0 Å². The smallest absolute Gasteiger partial charge is 0.276 e. The molecule has 29 heavy (non-hydrogen) atoms. The molecule has 0 aromatic heterocycles. The quantitative estimate of drug-likeness (QED) is 0.516. The summed E-state index contributed by atoms with van der Waals surface area (Å²) in [5.74, 6) is 1.83. The van der Waals surface area contributed by atoms with E-state index >= 15 is 0 Å². The maximum absolute atomic E-state index is 13.0. The van der Waals surface area contributed by atoms with Crippen LogP contribution in [0.4, 0.5) is 0 Å². The number of halogens is 1. The van der Waals surface area contributed by atoms with Crippen LogP contribution in [0.2, 0.25) is 0 Å². The lowest BCUT2D eigenvalue weighted by atomic mass is 9.89. The van der Waals surface area contributed by atoms with Crippen molar-refractivity contribution in [2.45, 2.75) is 58.3 Å². The van der Waals surface area contributed by atoms with Crippen molar-refractivity contribution in [3.8, 4) is 5.75 Å². The molecule has 158 valence electrons. The van der Waals surface area contributed by atoms with E-state index in [2.05, 4.69) is 5.32 Å². The van der Waals surface area contributed by atoms with Gasteiger partial charge in [-0.05, 0) is 49.8 Å². The van der Waals surface area contributed by atoms with Gasteiger partial charge in [0.25, 0.3) is 5.91 Å². The second kappa shape index (κ2) is 10.0. The molecule has 2 aliphatic rings. The summed E-state index contributed by atoms with van der Waals surface area (Å²) >= 11 is 6.03. The zero-order chi connectivity index (χ0) is 20.8. The van der Waals surface area contributed by atoms with Crippen LogP contribution in [0.3, 0.4) is 0 Å². The van der Waals surface area contributed by atoms with E-state index in [1.807, 2.05) is 37.1 Å². The minimum Gasteiger partial charge on any atom is -0.493 e. The highest BCUT2D eigenvalue weighted by atomic mass is 35.5. The van der Waals surface area contributed by atoms with Gasteiger partial charge < -0.3 is 15.8 Å². The topological polar surface area (TPSA) is 79.9 Å². The average molecular weight is 419 g/mol. The van der Waals surface area contributed by atoms with Gasteiger partial charge in [-0.25, -0.2) is 0 Å². The first-order valence-corrected chi connectivity index (χ1v) is 11.1. The minimum absolute atomic E-state index is 0.219. The Morgan fingerprint density at radius 3 is 2.72 bits per heavy atom. The minimum atomic E-state index is -0.219. The first kappa shape index (κ1) is 21.5. The molecule has 0 spiro atoms. The number of alkyl halides is 1. The molecular formula is C22H31ClN4O2. The lowest BCUT2D eigenvalue weighted by molar-refractivity contribution is -0.118. The molecule has 0 saturated heterocycles. The van der Waals surface area contributed by atoms with Gasteiger partial charge in [-0.2, -0.15) is 5.10 Å². The van der Waals surface area contributed by atoms with Crippen LogP contribution in [0.25, 0.3) is 0 Å². The van der Waals surface area contributed by atoms with Gasteiger partial charge in [0.05, 0.1) is 12.2 Å². The van der Waals surface area contributed by atoms with Crippen molar-refractivity contribution in [3.63, 3.8) is 0 Å². The summed E-state index contributed by atoms with van der Waals surface area (Å²) < 4.78 is 5.78. The maximum Gasteiger partial charge on any atom is 0.276 e. The summed E-state index contributed by atoms with van der Waals surface area (Å²) in [5.41, 5.74) is 8.91. The molecule has 1 heterocycles. The monoisotopic (exact) mass is 418 g/mol. The molecule has 0 radical (unpaired) electrons. The molecule has 3 N–H and O–H groups in total. The fraction of sp³-hybridized carbons (Fsp3) is 0.545. The fourth-order valence-electron chi connectivity index (χ4n) is 3.95. The number of amidine groups is 1. The standard InChI is InChI=1S/C22H31ClN4O2/c1-3-18(24)20-22(28)25-21(26-27(20)14-15-8-6-5-7-9-15)17-12-16(13-23)10-11-19(17)29-4-2/h10-12,15H,3-9,13-14,24H2,1-2H3,(H,25,26,28)/b20-18-. The molecule has 0 bridgehead atoms. The van der Waals surface area contributed by atoms with Gasteiger partial charge in [-0.15, -0.1) is 11.6 Å². The Morgan fingerprint density at radius 1 is 1.31 bits per heavy atom. The third kappa shape index (κ3) is 5.04. The Bertz CT molecular complexity index is 800. The zero-order valence-electron chi connectivity index (χ0n) is 17.3. The number of benzene rings is 1. The number of nitrogens with zero attached hydrogens (tertiary/aromatic N) is 2. The molecule has 1 aliphatic heterocycles. The number of carbonyl (C=O) groups excluding carboxylic acids is 1. The van der Waals surface area contributed by atoms with Crippen LogP contribution in [0, 0.1) is 5.92 Å². The third-order valence-electron chi connectivity index (χ3n) is 5.52. The van der Waals surface area contributed by atoms with Gasteiger partial charge in [0, 0.05) is 18.1 Å². The number of rotatable bonds is 7. The molecule has 1 aromatic rings. The molecule has 7 heteroatoms. The molecule has 1 aromatic carbocycles. The van der Waals surface area contributed by atoms with Gasteiger partial charge in [-0.1, -0.05) is 32.3 Å². The van der Waals surface area contributed by atoms with E-state index in [0.29, 0.717) is 54.3 Å². The van der Waals surface area contributed by atoms with Crippen LogP contribution in [0.15, 0.2) is 34.7 Å². The van der Waals surface area contributed by atoms with E-state index in [9.17, 15) is 4.79 Å². The lowest BCUT2D eigenvalue weighted by Gasteiger charge is -2.33. The summed E-state index contributed by atoms with van der Waals surface area (Å²) in [6.45, 7) is 5.10. The van der Waals surface area contributed by atoms with Crippen molar-refractivity contribution in [1.29, 1.82) is 0 Å². The highest BCUT2D eigenvalue weighted by Crippen LogP contribution is 2.29. The molecule has 3 rings (SSSR count). The second-order valence-electron chi connectivity index (χ2n) is 7.61. The summed E-state index contributed by atoms with van der Waals surface area (Å²) in [6.07, 6.45) is 6.67. The SMILES string of the molecule is CCOc1ccc(CCl)cc1C1=NN(CC2CCCCC2)/C(=C(\N)CC)C(=O)N1. The summed E-state index contributed by atoms with van der Waals surface area (Å²) in [5, 5.41) is 9.56. The number of ether oxygens (including phenoxy) is 1. The van der Waals surface area contributed by atoms with E-state index < -0.39 is 0 Å². The van der Waals surface area contributed by atoms with Crippen LogP contribution in [-0.2, 0) is 10.7 Å². The number of nitrogens with one attached hydrogen (secondary N) is 1. The van der Waals surface area contributed by atoms with Crippen molar-refractivity contribution in [3.05, 3.63) is 40.7 Å². The molecule has 1 saturated carbocycles. The number of carbonyl (C=O) groups is 1. The van der Waals surface area contributed by atoms with Gasteiger partial charge in [0.2, 0.25) is 0 Å². The summed E-state index contributed by atoms with van der Waals surface area (Å²) in [7, 11) is 0. The Labute approximate surface area is 178 Å². The predicted octanol–water partition coefficient (Wildman–Crippen LogP) is 4.08. The number of nitrogens with two attached hydrogens (primary N) is 1. The van der Waals surface area contributed by atoms with Gasteiger partial charge >= 0.3 is 0 Å². The van der Waals surface area contributed by atoms with Gasteiger partial charge in [0.1, 0.15) is 11.4 Å². The largest absolute Gasteiger partial charge is 0.493 e. The zero-order valence-corrected chi connectivity index (χ0v) is 18.1. The number of hydrogen-bond acceptors (Lipinski definition) is 5. The Hall–Kier alpha value is -2.21. The lowest BCUT2D eigenvalue weighted by Crippen LogP contribution is -2.46.